The predicted octanol–water partition coefficient (Wildman–Crippen LogP) is 2.85. The molecule has 1 amide bonds. The second-order valence-corrected chi connectivity index (χ2v) is 5.35. The van der Waals surface area contributed by atoms with Gasteiger partial charge in [0.05, 0.1) is 5.69 Å². The molecule has 0 aliphatic heterocycles. The first-order chi connectivity index (χ1) is 8.90. The summed E-state index contributed by atoms with van der Waals surface area (Å²) in [7, 11) is 0. The van der Waals surface area contributed by atoms with E-state index in [-0.39, 0.29) is 5.91 Å². The van der Waals surface area contributed by atoms with E-state index in [0.29, 0.717) is 28.9 Å². The first kappa shape index (κ1) is 15.6. The van der Waals surface area contributed by atoms with Gasteiger partial charge in [-0.2, -0.15) is 0 Å². The SMILES string of the molecule is CC(C)CCNC(=O)C(C)Oc1ccc(Cl)cc1N. The number of halogens is 1. The van der Waals surface area contributed by atoms with Crippen molar-refractivity contribution < 1.29 is 9.53 Å². The number of rotatable bonds is 6. The zero-order valence-electron chi connectivity index (χ0n) is 11.6. The fourth-order valence-corrected chi connectivity index (χ4v) is 1.68. The molecule has 1 atom stereocenters. The molecule has 1 aromatic carbocycles. The van der Waals surface area contributed by atoms with Crippen molar-refractivity contribution in [1.82, 2.24) is 5.32 Å². The maximum atomic E-state index is 11.8. The average molecular weight is 285 g/mol. The zero-order valence-corrected chi connectivity index (χ0v) is 12.3. The van der Waals surface area contributed by atoms with E-state index in [1.807, 2.05) is 0 Å². The maximum absolute atomic E-state index is 11.8. The Kier molecular flexibility index (Phi) is 5.96. The third kappa shape index (κ3) is 5.39. The minimum atomic E-state index is -0.587. The number of anilines is 1. The summed E-state index contributed by atoms with van der Waals surface area (Å²) in [6, 6.07) is 4.94. The second kappa shape index (κ2) is 7.24. The van der Waals surface area contributed by atoms with Crippen molar-refractivity contribution in [3.8, 4) is 5.75 Å². The number of ether oxygens (including phenoxy) is 1. The lowest BCUT2D eigenvalue weighted by Crippen LogP contribution is -2.37. The lowest BCUT2D eigenvalue weighted by atomic mass is 10.1. The Hall–Kier alpha value is -1.42. The van der Waals surface area contributed by atoms with E-state index in [0.717, 1.165) is 6.42 Å². The number of carbonyl (C=O) groups excluding carboxylic acids is 1. The van der Waals surface area contributed by atoms with Crippen molar-refractivity contribution in [2.24, 2.45) is 5.92 Å². The highest BCUT2D eigenvalue weighted by Crippen LogP contribution is 2.25. The lowest BCUT2D eigenvalue weighted by Gasteiger charge is -2.16. The summed E-state index contributed by atoms with van der Waals surface area (Å²) in [4.78, 5) is 11.8. The van der Waals surface area contributed by atoms with E-state index >= 15 is 0 Å². The summed E-state index contributed by atoms with van der Waals surface area (Å²) in [6.07, 6.45) is 0.359. The van der Waals surface area contributed by atoms with Crippen LogP contribution in [0.3, 0.4) is 0 Å². The topological polar surface area (TPSA) is 64.3 Å². The van der Waals surface area contributed by atoms with Gasteiger partial charge in [0.1, 0.15) is 5.75 Å². The van der Waals surface area contributed by atoms with Gasteiger partial charge in [-0.1, -0.05) is 25.4 Å². The zero-order chi connectivity index (χ0) is 14.4. The van der Waals surface area contributed by atoms with Gasteiger partial charge in [0.25, 0.3) is 5.91 Å². The summed E-state index contributed by atoms with van der Waals surface area (Å²) >= 11 is 5.80. The molecule has 3 N–H and O–H groups in total. The van der Waals surface area contributed by atoms with Gasteiger partial charge in [0.2, 0.25) is 0 Å². The van der Waals surface area contributed by atoms with Gasteiger partial charge in [0.15, 0.2) is 6.10 Å². The summed E-state index contributed by atoms with van der Waals surface area (Å²) in [5, 5.41) is 3.37. The molecule has 4 nitrogen and oxygen atoms in total. The molecule has 1 unspecified atom stereocenters. The van der Waals surface area contributed by atoms with Crippen LogP contribution >= 0.6 is 11.6 Å². The normalized spacial score (nSPS) is 12.3. The standard InChI is InChI=1S/C14H21ClN2O2/c1-9(2)6-7-17-14(18)10(3)19-13-5-4-11(15)8-12(13)16/h4-5,8-10H,6-7,16H2,1-3H3,(H,17,18). The van der Waals surface area contributed by atoms with Crippen LogP contribution in [0.5, 0.6) is 5.75 Å². The molecule has 1 aromatic rings. The van der Waals surface area contributed by atoms with Crippen LogP contribution in [-0.2, 0) is 4.79 Å². The fraction of sp³-hybridized carbons (Fsp3) is 0.500. The number of hydrogen-bond donors (Lipinski definition) is 2. The fourth-order valence-electron chi connectivity index (χ4n) is 1.50. The van der Waals surface area contributed by atoms with Crippen LogP contribution in [0.4, 0.5) is 5.69 Å². The molecular formula is C14H21ClN2O2. The third-order valence-electron chi connectivity index (χ3n) is 2.67. The van der Waals surface area contributed by atoms with Crippen LogP contribution in [0.25, 0.3) is 0 Å². The molecule has 0 aliphatic rings. The van der Waals surface area contributed by atoms with Gasteiger partial charge in [-0.05, 0) is 37.5 Å². The molecule has 0 bridgehead atoms. The number of benzene rings is 1. The van der Waals surface area contributed by atoms with Crippen molar-refractivity contribution in [1.29, 1.82) is 0 Å². The van der Waals surface area contributed by atoms with Crippen LogP contribution in [0.15, 0.2) is 18.2 Å². The molecule has 0 fully saturated rings. The van der Waals surface area contributed by atoms with Crippen LogP contribution in [0.1, 0.15) is 27.2 Å². The second-order valence-electron chi connectivity index (χ2n) is 4.92. The first-order valence-electron chi connectivity index (χ1n) is 6.39. The van der Waals surface area contributed by atoms with Gasteiger partial charge >= 0.3 is 0 Å². The number of nitrogen functional groups attached to an aromatic ring is 1. The van der Waals surface area contributed by atoms with Crippen LogP contribution in [-0.4, -0.2) is 18.6 Å². The van der Waals surface area contributed by atoms with Crippen LogP contribution < -0.4 is 15.8 Å². The quantitative estimate of drug-likeness (QED) is 0.790. The maximum Gasteiger partial charge on any atom is 0.260 e. The first-order valence-corrected chi connectivity index (χ1v) is 6.77. The molecule has 0 heterocycles. The van der Waals surface area contributed by atoms with Crippen LogP contribution in [0, 0.1) is 5.92 Å². The number of amides is 1. The Balaban J connectivity index is 2.49. The molecule has 106 valence electrons. The van der Waals surface area contributed by atoms with E-state index in [1.54, 1.807) is 25.1 Å². The number of carbonyl (C=O) groups is 1. The van der Waals surface area contributed by atoms with E-state index in [4.69, 9.17) is 22.1 Å². The van der Waals surface area contributed by atoms with Crippen molar-refractivity contribution in [2.75, 3.05) is 12.3 Å². The monoisotopic (exact) mass is 284 g/mol. The van der Waals surface area contributed by atoms with Gasteiger partial charge in [-0.15, -0.1) is 0 Å². The van der Waals surface area contributed by atoms with E-state index in [1.165, 1.54) is 0 Å². The van der Waals surface area contributed by atoms with Gasteiger partial charge in [-0.3, -0.25) is 4.79 Å². The number of hydrogen-bond acceptors (Lipinski definition) is 3. The molecule has 1 rings (SSSR count). The Bertz CT molecular complexity index is 435. The summed E-state index contributed by atoms with van der Waals surface area (Å²) < 4.78 is 5.52. The summed E-state index contributed by atoms with van der Waals surface area (Å²) in [5.41, 5.74) is 6.19. The summed E-state index contributed by atoms with van der Waals surface area (Å²) in [5.74, 6) is 0.884. The highest BCUT2D eigenvalue weighted by Gasteiger charge is 2.15. The molecule has 0 aliphatic carbocycles. The summed E-state index contributed by atoms with van der Waals surface area (Å²) in [6.45, 7) is 6.57. The highest BCUT2D eigenvalue weighted by atomic mass is 35.5. The van der Waals surface area contributed by atoms with Crippen molar-refractivity contribution in [3.63, 3.8) is 0 Å². The Labute approximate surface area is 119 Å². The Morgan fingerprint density at radius 3 is 2.68 bits per heavy atom. The van der Waals surface area contributed by atoms with Crippen molar-refractivity contribution in [3.05, 3.63) is 23.2 Å². The molecular weight excluding hydrogens is 264 g/mol. The van der Waals surface area contributed by atoms with Gasteiger partial charge in [-0.25, -0.2) is 0 Å². The molecule has 5 heteroatoms. The Morgan fingerprint density at radius 2 is 2.11 bits per heavy atom. The average Bonchev–Trinajstić information content (AvgIpc) is 2.32. The number of nitrogens with two attached hydrogens (primary N) is 1. The highest BCUT2D eigenvalue weighted by molar-refractivity contribution is 6.30. The third-order valence-corrected chi connectivity index (χ3v) is 2.90. The van der Waals surface area contributed by atoms with Crippen molar-refractivity contribution in [2.45, 2.75) is 33.3 Å². The minimum Gasteiger partial charge on any atom is -0.479 e. The van der Waals surface area contributed by atoms with E-state index < -0.39 is 6.10 Å². The molecule has 0 aromatic heterocycles. The van der Waals surface area contributed by atoms with E-state index in [2.05, 4.69) is 19.2 Å². The van der Waals surface area contributed by atoms with Gasteiger partial charge in [0, 0.05) is 11.6 Å². The molecule has 0 saturated carbocycles. The lowest BCUT2D eigenvalue weighted by molar-refractivity contribution is -0.127. The Morgan fingerprint density at radius 1 is 1.42 bits per heavy atom. The smallest absolute Gasteiger partial charge is 0.260 e. The van der Waals surface area contributed by atoms with E-state index in [9.17, 15) is 4.79 Å². The van der Waals surface area contributed by atoms with Crippen molar-refractivity contribution >= 4 is 23.2 Å². The largest absolute Gasteiger partial charge is 0.479 e. The molecule has 0 spiro atoms. The minimum absolute atomic E-state index is 0.144. The van der Waals surface area contributed by atoms with Crippen LogP contribution in [0.2, 0.25) is 5.02 Å². The molecule has 0 saturated heterocycles. The molecule has 0 radical (unpaired) electrons. The number of nitrogens with one attached hydrogen (secondary N) is 1. The predicted molar refractivity (Wildman–Crippen MR) is 78.4 cm³/mol. The molecule has 19 heavy (non-hydrogen) atoms. The van der Waals surface area contributed by atoms with Gasteiger partial charge < -0.3 is 15.8 Å².